The van der Waals surface area contributed by atoms with Crippen molar-refractivity contribution in [3.8, 4) is 0 Å². The predicted octanol–water partition coefficient (Wildman–Crippen LogP) is 2.73. The Kier molecular flexibility index (Phi) is 7.52. The number of rotatable bonds is 8. The van der Waals surface area contributed by atoms with Gasteiger partial charge in [0, 0.05) is 12.1 Å². The molecular weight excluding hydrogens is 214 g/mol. The van der Waals surface area contributed by atoms with E-state index in [1.54, 1.807) is 12.2 Å². The predicted molar refractivity (Wildman–Crippen MR) is 71.5 cm³/mol. The van der Waals surface area contributed by atoms with Crippen molar-refractivity contribution in [3.05, 3.63) is 48.8 Å². The van der Waals surface area contributed by atoms with Crippen molar-refractivity contribution in [2.24, 2.45) is 0 Å². The van der Waals surface area contributed by atoms with Crippen molar-refractivity contribution in [1.82, 2.24) is 5.32 Å². The van der Waals surface area contributed by atoms with Crippen LogP contribution < -0.4 is 5.32 Å². The van der Waals surface area contributed by atoms with Crippen molar-refractivity contribution >= 4 is 5.91 Å². The molecule has 3 heteroatoms. The number of carbonyl (C=O) groups excluding carboxylic acids is 1. The topological polar surface area (TPSA) is 38.3 Å². The highest BCUT2D eigenvalue weighted by Gasteiger charge is 2.03. The van der Waals surface area contributed by atoms with Crippen molar-refractivity contribution in [2.75, 3.05) is 13.2 Å². The van der Waals surface area contributed by atoms with E-state index in [-0.39, 0.29) is 5.91 Å². The van der Waals surface area contributed by atoms with E-state index >= 15 is 0 Å². The number of carbonyl (C=O) groups is 1. The molecular formula is C14H21NO2. The Labute approximate surface area is 104 Å². The third-order valence-electron chi connectivity index (χ3n) is 2.06. The Morgan fingerprint density at radius 3 is 2.41 bits per heavy atom. The van der Waals surface area contributed by atoms with Gasteiger partial charge in [0.25, 0.3) is 0 Å². The molecule has 94 valence electrons. The summed E-state index contributed by atoms with van der Waals surface area (Å²) in [7, 11) is 0. The Morgan fingerprint density at radius 2 is 1.88 bits per heavy atom. The van der Waals surface area contributed by atoms with Crippen molar-refractivity contribution in [2.45, 2.75) is 20.3 Å². The highest BCUT2D eigenvalue weighted by atomic mass is 16.5. The van der Waals surface area contributed by atoms with E-state index in [0.29, 0.717) is 30.9 Å². The third-order valence-corrected chi connectivity index (χ3v) is 2.06. The first-order valence-corrected chi connectivity index (χ1v) is 5.64. The van der Waals surface area contributed by atoms with Gasteiger partial charge in [-0.3, -0.25) is 4.79 Å². The molecule has 0 aliphatic carbocycles. The zero-order valence-electron chi connectivity index (χ0n) is 10.7. The molecule has 0 fully saturated rings. The number of ether oxygens (including phenoxy) is 1. The summed E-state index contributed by atoms with van der Waals surface area (Å²) in [5, 5.41) is 2.73. The Hall–Kier alpha value is -1.77. The van der Waals surface area contributed by atoms with Gasteiger partial charge in [-0.05, 0) is 25.0 Å². The van der Waals surface area contributed by atoms with Gasteiger partial charge >= 0.3 is 0 Å². The molecule has 1 amide bonds. The molecule has 0 bridgehead atoms. The molecule has 0 atom stereocenters. The molecule has 0 radical (unpaired) electrons. The van der Waals surface area contributed by atoms with E-state index in [4.69, 9.17) is 4.74 Å². The van der Waals surface area contributed by atoms with E-state index in [1.165, 1.54) is 0 Å². The van der Waals surface area contributed by atoms with Crippen LogP contribution in [0.1, 0.15) is 20.3 Å². The van der Waals surface area contributed by atoms with Gasteiger partial charge in [-0.15, -0.1) is 0 Å². The maximum Gasteiger partial charge on any atom is 0.246 e. The van der Waals surface area contributed by atoms with Crippen LogP contribution in [0.2, 0.25) is 0 Å². The molecule has 0 saturated carbocycles. The van der Waals surface area contributed by atoms with Crippen LogP contribution in [0.15, 0.2) is 48.8 Å². The minimum atomic E-state index is -0.134. The number of amides is 1. The first-order chi connectivity index (χ1) is 8.01. The van der Waals surface area contributed by atoms with Crippen LogP contribution in [-0.2, 0) is 9.53 Å². The first-order valence-electron chi connectivity index (χ1n) is 5.64. The molecule has 0 rings (SSSR count). The van der Waals surface area contributed by atoms with Crippen molar-refractivity contribution < 1.29 is 9.53 Å². The van der Waals surface area contributed by atoms with E-state index in [1.807, 2.05) is 13.8 Å². The van der Waals surface area contributed by atoms with Gasteiger partial charge < -0.3 is 10.1 Å². The van der Waals surface area contributed by atoms with E-state index in [0.717, 1.165) is 5.57 Å². The molecule has 0 saturated heterocycles. The molecule has 3 nitrogen and oxygen atoms in total. The SMILES string of the molecule is C=C(/C=C\C(=C)OCC)CNC(=O)C(=C)CC. The standard InChI is InChI=1S/C14H21NO2/c1-6-12(4)14(16)15-10-11(3)8-9-13(5)17-7-2/h8-9H,3-7,10H2,1-2H3,(H,15,16)/b9-8-. The fourth-order valence-corrected chi connectivity index (χ4v) is 0.983. The van der Waals surface area contributed by atoms with E-state index < -0.39 is 0 Å². The fraction of sp³-hybridized carbons (Fsp3) is 0.357. The molecule has 0 aromatic heterocycles. The smallest absolute Gasteiger partial charge is 0.246 e. The number of nitrogens with one attached hydrogen (secondary N) is 1. The zero-order valence-corrected chi connectivity index (χ0v) is 10.7. The van der Waals surface area contributed by atoms with Gasteiger partial charge in [0.1, 0.15) is 5.76 Å². The molecule has 0 aromatic carbocycles. The minimum absolute atomic E-state index is 0.134. The Bertz CT molecular complexity index is 340. The summed E-state index contributed by atoms with van der Waals surface area (Å²) in [6.07, 6.45) is 4.15. The molecule has 0 unspecified atom stereocenters. The average Bonchev–Trinajstić information content (AvgIpc) is 2.32. The number of allylic oxidation sites excluding steroid dienone is 1. The number of hydrogen-bond donors (Lipinski definition) is 1. The van der Waals surface area contributed by atoms with Crippen LogP contribution in [0.25, 0.3) is 0 Å². The first kappa shape index (κ1) is 15.2. The number of hydrogen-bond acceptors (Lipinski definition) is 2. The van der Waals surface area contributed by atoms with Crippen LogP contribution in [0.3, 0.4) is 0 Å². The Morgan fingerprint density at radius 1 is 1.24 bits per heavy atom. The summed E-state index contributed by atoms with van der Waals surface area (Å²) in [5.74, 6) is 0.448. The maximum absolute atomic E-state index is 11.4. The largest absolute Gasteiger partial charge is 0.495 e. The highest BCUT2D eigenvalue weighted by Crippen LogP contribution is 2.00. The summed E-state index contributed by atoms with van der Waals surface area (Å²) in [6.45, 7) is 15.9. The lowest BCUT2D eigenvalue weighted by Crippen LogP contribution is -2.25. The molecule has 0 heterocycles. The second kappa shape index (κ2) is 8.39. The minimum Gasteiger partial charge on any atom is -0.495 e. The summed E-state index contributed by atoms with van der Waals surface area (Å²) in [5.41, 5.74) is 1.35. The third kappa shape index (κ3) is 7.17. The molecule has 17 heavy (non-hydrogen) atoms. The van der Waals surface area contributed by atoms with Crippen LogP contribution in [0.5, 0.6) is 0 Å². The summed E-state index contributed by atoms with van der Waals surface area (Å²) < 4.78 is 5.15. The lowest BCUT2D eigenvalue weighted by molar-refractivity contribution is -0.117. The monoisotopic (exact) mass is 235 g/mol. The summed E-state index contributed by atoms with van der Waals surface area (Å²) >= 11 is 0. The van der Waals surface area contributed by atoms with Crippen LogP contribution in [0, 0.1) is 0 Å². The molecule has 1 N–H and O–H groups in total. The van der Waals surface area contributed by atoms with Crippen molar-refractivity contribution in [1.29, 1.82) is 0 Å². The highest BCUT2D eigenvalue weighted by molar-refractivity contribution is 5.92. The van der Waals surface area contributed by atoms with Crippen LogP contribution in [-0.4, -0.2) is 19.1 Å². The fourth-order valence-electron chi connectivity index (χ4n) is 0.983. The normalized spacial score (nSPS) is 10.0. The van der Waals surface area contributed by atoms with Crippen LogP contribution in [0.4, 0.5) is 0 Å². The van der Waals surface area contributed by atoms with Gasteiger partial charge in [-0.25, -0.2) is 0 Å². The molecule has 0 aromatic rings. The van der Waals surface area contributed by atoms with Gasteiger partial charge in [-0.2, -0.15) is 0 Å². The van der Waals surface area contributed by atoms with Crippen molar-refractivity contribution in [3.63, 3.8) is 0 Å². The van der Waals surface area contributed by atoms with Gasteiger partial charge in [0.2, 0.25) is 5.91 Å². The maximum atomic E-state index is 11.4. The molecule has 0 aliphatic rings. The zero-order chi connectivity index (χ0) is 13.3. The van der Waals surface area contributed by atoms with E-state index in [9.17, 15) is 4.79 Å². The van der Waals surface area contributed by atoms with Gasteiger partial charge in [-0.1, -0.05) is 32.7 Å². The van der Waals surface area contributed by atoms with Gasteiger partial charge in [0.05, 0.1) is 6.61 Å². The quantitative estimate of drug-likeness (QED) is 0.399. The second-order valence-electron chi connectivity index (χ2n) is 3.53. The molecule has 0 spiro atoms. The summed E-state index contributed by atoms with van der Waals surface area (Å²) in [6, 6.07) is 0. The van der Waals surface area contributed by atoms with Crippen LogP contribution >= 0.6 is 0 Å². The second-order valence-corrected chi connectivity index (χ2v) is 3.53. The van der Waals surface area contributed by atoms with E-state index in [2.05, 4.69) is 25.1 Å². The molecule has 0 aliphatic heterocycles. The summed E-state index contributed by atoms with van der Waals surface area (Å²) in [4.78, 5) is 11.4. The van der Waals surface area contributed by atoms with Gasteiger partial charge in [0.15, 0.2) is 0 Å². The average molecular weight is 235 g/mol. The Balaban J connectivity index is 3.99. The lowest BCUT2D eigenvalue weighted by Gasteiger charge is -2.06. The lowest BCUT2D eigenvalue weighted by atomic mass is 10.2.